The van der Waals surface area contributed by atoms with Gasteiger partial charge in [-0.15, -0.1) is 0 Å². The van der Waals surface area contributed by atoms with Crippen molar-refractivity contribution in [2.45, 2.75) is 44.6 Å². The average Bonchev–Trinajstić information content (AvgIpc) is 2.03. The minimum Gasteiger partial charge on any atom is -0.341 e. The Morgan fingerprint density at radius 3 is 2.45 bits per heavy atom. The molecule has 1 aliphatic rings. The topological polar surface area (TPSA) is 26.0 Å². The molecule has 0 bridgehead atoms. The predicted octanol–water partition coefficient (Wildman–Crippen LogP) is 2.37. The second kappa shape index (κ2) is 5.17. The van der Waals surface area contributed by atoms with Crippen molar-refractivity contribution in [1.82, 2.24) is 0 Å². The molecule has 2 N–H and O–H groups in total. The maximum absolute atomic E-state index is 5.81. The van der Waals surface area contributed by atoms with E-state index in [9.17, 15) is 0 Å². The molecule has 1 nitrogen and oxygen atoms in total. The molecule has 0 saturated heterocycles. The van der Waals surface area contributed by atoms with E-state index in [1.54, 1.807) is 0 Å². The Balaban J connectivity index is 2.05. The molecule has 0 heterocycles. The van der Waals surface area contributed by atoms with Crippen molar-refractivity contribution in [1.29, 1.82) is 0 Å². The van der Waals surface area contributed by atoms with Crippen LogP contribution >= 0.6 is 11.1 Å². The van der Waals surface area contributed by atoms with Gasteiger partial charge < -0.3 is 5.40 Å². The molecule has 0 aromatic carbocycles. The number of halogens is 1. The first-order chi connectivity index (χ1) is 5.29. The summed E-state index contributed by atoms with van der Waals surface area (Å²) in [5.74, 6) is 0.959. The number of nitrogens with two attached hydrogens (primary N) is 1. The van der Waals surface area contributed by atoms with Crippen LogP contribution in [-0.2, 0) is 0 Å². The van der Waals surface area contributed by atoms with Gasteiger partial charge in [0.25, 0.3) is 0 Å². The van der Waals surface area contributed by atoms with Gasteiger partial charge in [-0.1, -0.05) is 38.5 Å². The van der Waals surface area contributed by atoms with E-state index in [1.165, 1.54) is 38.5 Å². The van der Waals surface area contributed by atoms with E-state index < -0.39 is 8.27 Å². The standard InChI is InChI=1S/C8H18ClNSi/c9-11(10)7-6-8-4-2-1-3-5-8/h8,11H,1-7,10H2. The van der Waals surface area contributed by atoms with E-state index in [-0.39, 0.29) is 0 Å². The Morgan fingerprint density at radius 1 is 1.27 bits per heavy atom. The summed E-state index contributed by atoms with van der Waals surface area (Å²) >= 11 is 5.81. The lowest BCUT2D eigenvalue weighted by Gasteiger charge is -2.21. The molecule has 1 atom stereocenters. The quantitative estimate of drug-likeness (QED) is 0.538. The van der Waals surface area contributed by atoms with E-state index in [2.05, 4.69) is 0 Å². The van der Waals surface area contributed by atoms with Crippen LogP contribution in [0.2, 0.25) is 6.04 Å². The van der Waals surface area contributed by atoms with Crippen LogP contribution in [0.25, 0.3) is 0 Å². The minimum absolute atomic E-state index is 0.959. The zero-order valence-electron chi connectivity index (χ0n) is 7.06. The normalized spacial score (nSPS) is 23.5. The van der Waals surface area contributed by atoms with Crippen molar-refractivity contribution in [2.24, 2.45) is 11.3 Å². The largest absolute Gasteiger partial charge is 0.341 e. The monoisotopic (exact) mass is 191 g/mol. The van der Waals surface area contributed by atoms with Crippen molar-refractivity contribution in [3.63, 3.8) is 0 Å². The second-order valence-corrected chi connectivity index (χ2v) is 6.89. The van der Waals surface area contributed by atoms with Gasteiger partial charge in [-0.25, -0.2) is 0 Å². The number of hydrogen-bond acceptors (Lipinski definition) is 1. The molecular formula is C8H18ClNSi. The van der Waals surface area contributed by atoms with Gasteiger partial charge in [-0.3, -0.25) is 0 Å². The van der Waals surface area contributed by atoms with Crippen LogP contribution in [0.3, 0.4) is 0 Å². The lowest BCUT2D eigenvalue weighted by molar-refractivity contribution is 0.349. The highest BCUT2D eigenvalue weighted by atomic mass is 35.6. The molecule has 3 heteroatoms. The van der Waals surface area contributed by atoms with E-state index in [4.69, 9.17) is 16.5 Å². The maximum atomic E-state index is 5.81. The van der Waals surface area contributed by atoms with E-state index in [0.29, 0.717) is 0 Å². The van der Waals surface area contributed by atoms with Crippen molar-refractivity contribution in [2.75, 3.05) is 0 Å². The van der Waals surface area contributed by atoms with Crippen LogP contribution in [0, 0.1) is 5.92 Å². The lowest BCUT2D eigenvalue weighted by Crippen LogP contribution is -2.19. The van der Waals surface area contributed by atoms with Gasteiger partial charge in [0.2, 0.25) is 8.27 Å². The molecular weight excluding hydrogens is 174 g/mol. The van der Waals surface area contributed by atoms with Crippen LogP contribution in [0.4, 0.5) is 0 Å². The van der Waals surface area contributed by atoms with Crippen molar-refractivity contribution in [3.8, 4) is 0 Å². The lowest BCUT2D eigenvalue weighted by atomic mass is 9.88. The Hall–Kier alpha value is 0.467. The molecule has 0 spiro atoms. The van der Waals surface area contributed by atoms with Crippen molar-refractivity contribution >= 4 is 19.3 Å². The van der Waals surface area contributed by atoms with Gasteiger partial charge in [0.15, 0.2) is 0 Å². The smallest absolute Gasteiger partial charge is 0.208 e. The Bertz CT molecular complexity index is 102. The van der Waals surface area contributed by atoms with Gasteiger partial charge in [-0.05, 0) is 12.0 Å². The molecule has 0 aromatic rings. The Morgan fingerprint density at radius 2 is 1.91 bits per heavy atom. The summed E-state index contributed by atoms with van der Waals surface area (Å²) in [4.78, 5) is 0. The number of hydrogen-bond donors (Lipinski definition) is 1. The first kappa shape index (κ1) is 9.55. The summed E-state index contributed by atoms with van der Waals surface area (Å²) in [6.07, 6.45) is 8.47. The van der Waals surface area contributed by atoms with Crippen LogP contribution in [0.15, 0.2) is 0 Å². The summed E-state index contributed by atoms with van der Waals surface area (Å²) in [6.45, 7) is 0. The fourth-order valence-corrected chi connectivity index (χ4v) is 3.04. The fraction of sp³-hybridized carbons (Fsp3) is 1.00. The van der Waals surface area contributed by atoms with E-state index >= 15 is 0 Å². The SMILES string of the molecule is N[SiH](Cl)CCC1CCCCC1. The Kier molecular flexibility index (Phi) is 4.49. The van der Waals surface area contributed by atoms with Gasteiger partial charge in [0.05, 0.1) is 0 Å². The summed E-state index contributed by atoms with van der Waals surface area (Å²) < 4.78 is 0. The average molecular weight is 192 g/mol. The molecule has 0 amide bonds. The summed E-state index contributed by atoms with van der Waals surface area (Å²) in [7, 11) is -1.27. The highest BCUT2D eigenvalue weighted by Crippen LogP contribution is 2.27. The van der Waals surface area contributed by atoms with Crippen molar-refractivity contribution in [3.05, 3.63) is 0 Å². The summed E-state index contributed by atoms with van der Waals surface area (Å²) in [5, 5.41) is 5.61. The van der Waals surface area contributed by atoms with Crippen molar-refractivity contribution < 1.29 is 0 Å². The van der Waals surface area contributed by atoms with E-state index in [0.717, 1.165) is 12.0 Å². The first-order valence-electron chi connectivity index (χ1n) is 4.68. The van der Waals surface area contributed by atoms with Crippen LogP contribution in [-0.4, -0.2) is 8.27 Å². The van der Waals surface area contributed by atoms with Crippen LogP contribution in [0.5, 0.6) is 0 Å². The predicted molar refractivity (Wildman–Crippen MR) is 53.2 cm³/mol. The Labute approximate surface area is 75.7 Å². The molecule has 1 saturated carbocycles. The third-order valence-corrected chi connectivity index (χ3v) is 4.11. The molecule has 0 radical (unpaired) electrons. The molecule has 1 unspecified atom stereocenters. The molecule has 11 heavy (non-hydrogen) atoms. The third-order valence-electron chi connectivity index (χ3n) is 2.58. The van der Waals surface area contributed by atoms with E-state index in [1.807, 2.05) is 0 Å². The van der Waals surface area contributed by atoms with Gasteiger partial charge in [0.1, 0.15) is 0 Å². The zero-order valence-corrected chi connectivity index (χ0v) is 8.97. The fourth-order valence-electron chi connectivity index (χ4n) is 1.87. The molecule has 0 aliphatic heterocycles. The maximum Gasteiger partial charge on any atom is 0.208 e. The number of rotatable bonds is 3. The first-order valence-corrected chi connectivity index (χ1v) is 7.91. The highest BCUT2D eigenvalue weighted by Gasteiger charge is 2.14. The van der Waals surface area contributed by atoms with Gasteiger partial charge in [-0.2, -0.15) is 11.1 Å². The third kappa shape index (κ3) is 4.14. The van der Waals surface area contributed by atoms with Crippen LogP contribution in [0.1, 0.15) is 38.5 Å². The molecule has 1 fully saturated rings. The minimum atomic E-state index is -1.27. The summed E-state index contributed by atoms with van der Waals surface area (Å²) in [5.41, 5.74) is 0. The van der Waals surface area contributed by atoms with Gasteiger partial charge >= 0.3 is 0 Å². The highest BCUT2D eigenvalue weighted by molar-refractivity contribution is 7.05. The molecule has 0 aromatic heterocycles. The second-order valence-electron chi connectivity index (χ2n) is 3.60. The molecule has 1 aliphatic carbocycles. The van der Waals surface area contributed by atoms with Gasteiger partial charge in [0, 0.05) is 0 Å². The van der Waals surface area contributed by atoms with Crippen LogP contribution < -0.4 is 5.40 Å². The molecule has 66 valence electrons. The molecule has 1 rings (SSSR count). The zero-order chi connectivity index (χ0) is 8.10. The summed E-state index contributed by atoms with van der Waals surface area (Å²) in [6, 6.07) is 1.13.